The number of aliphatic hydroxyl groups excluding tert-OH is 1. The van der Waals surface area contributed by atoms with Crippen LogP contribution in [0.3, 0.4) is 0 Å². The van der Waals surface area contributed by atoms with E-state index in [0.717, 1.165) is 48.5 Å². The minimum absolute atomic E-state index is 0.126. The van der Waals surface area contributed by atoms with Gasteiger partial charge in [-0.1, -0.05) is 12.1 Å². The zero-order chi connectivity index (χ0) is 18.1. The summed E-state index contributed by atoms with van der Waals surface area (Å²) >= 11 is 0. The van der Waals surface area contributed by atoms with Crippen LogP contribution in [-0.4, -0.2) is 38.2 Å². The van der Waals surface area contributed by atoms with Gasteiger partial charge in [-0.3, -0.25) is 9.88 Å². The van der Waals surface area contributed by atoms with Crippen molar-refractivity contribution < 1.29 is 14.6 Å². The molecule has 1 aliphatic rings. The Morgan fingerprint density at radius 3 is 2.96 bits per heavy atom. The molecule has 0 amide bonds. The number of pyridine rings is 1. The van der Waals surface area contributed by atoms with E-state index < -0.39 is 0 Å². The van der Waals surface area contributed by atoms with Crippen LogP contribution in [0.2, 0.25) is 0 Å². The number of likely N-dealkylation sites (tertiary alicyclic amines) is 1. The Morgan fingerprint density at radius 2 is 2.15 bits per heavy atom. The van der Waals surface area contributed by atoms with Gasteiger partial charge >= 0.3 is 0 Å². The van der Waals surface area contributed by atoms with Crippen LogP contribution in [0.5, 0.6) is 5.75 Å². The van der Waals surface area contributed by atoms with Crippen LogP contribution >= 0.6 is 0 Å². The molecule has 0 saturated carbocycles. The van der Waals surface area contributed by atoms with Gasteiger partial charge in [0, 0.05) is 36.3 Å². The van der Waals surface area contributed by atoms with E-state index in [2.05, 4.69) is 14.9 Å². The minimum Gasteiger partial charge on any atom is -0.506 e. The number of aromatic hydroxyl groups is 1. The Bertz CT molecular complexity index is 889. The van der Waals surface area contributed by atoms with Crippen LogP contribution in [0.15, 0.2) is 34.9 Å². The predicted octanol–water partition coefficient (Wildman–Crippen LogP) is 3.11. The van der Waals surface area contributed by atoms with Gasteiger partial charge in [0.05, 0.1) is 12.3 Å². The number of para-hydroxylation sites is 2. The summed E-state index contributed by atoms with van der Waals surface area (Å²) in [4.78, 5) is 11.1. The van der Waals surface area contributed by atoms with Gasteiger partial charge in [-0.25, -0.2) is 4.98 Å². The quantitative estimate of drug-likeness (QED) is 0.750. The summed E-state index contributed by atoms with van der Waals surface area (Å²) in [6, 6.07) is 7.83. The highest BCUT2D eigenvalue weighted by molar-refractivity contribution is 5.72. The van der Waals surface area contributed by atoms with Crippen molar-refractivity contribution in [1.82, 2.24) is 14.9 Å². The maximum absolute atomic E-state index is 10.4. The highest BCUT2D eigenvalue weighted by atomic mass is 16.3. The van der Waals surface area contributed by atoms with E-state index in [4.69, 9.17) is 4.42 Å². The van der Waals surface area contributed by atoms with Gasteiger partial charge in [-0.05, 0) is 38.4 Å². The number of rotatable bonds is 4. The Morgan fingerprint density at radius 1 is 1.31 bits per heavy atom. The van der Waals surface area contributed by atoms with Gasteiger partial charge in [0.15, 0.2) is 11.5 Å². The molecule has 1 fully saturated rings. The van der Waals surface area contributed by atoms with Gasteiger partial charge in [0.25, 0.3) is 0 Å². The molecule has 1 saturated heterocycles. The summed E-state index contributed by atoms with van der Waals surface area (Å²) < 4.78 is 5.96. The first kappa shape index (κ1) is 17.0. The third-order valence-corrected chi connectivity index (χ3v) is 5.15. The summed E-state index contributed by atoms with van der Waals surface area (Å²) in [6.07, 6.45) is 3.73. The largest absolute Gasteiger partial charge is 0.506 e. The molecule has 0 bridgehead atoms. The van der Waals surface area contributed by atoms with Crippen molar-refractivity contribution in [2.45, 2.75) is 38.8 Å². The standard InChI is InChI=1S/C20H23N3O3/c1-13-19(25)16(15(12-24)9-21-13)11-23-8-4-5-14(10-23)20-22-17-6-2-3-7-18(17)26-20/h2-3,6-7,9,14,24-25H,4-5,8,10-12H2,1H3. The summed E-state index contributed by atoms with van der Waals surface area (Å²) in [5, 5.41) is 20.0. The fourth-order valence-corrected chi connectivity index (χ4v) is 3.69. The van der Waals surface area contributed by atoms with E-state index in [9.17, 15) is 10.2 Å². The zero-order valence-electron chi connectivity index (χ0n) is 14.9. The average Bonchev–Trinajstić information content (AvgIpc) is 3.10. The number of aliphatic hydroxyl groups is 1. The van der Waals surface area contributed by atoms with E-state index in [1.807, 2.05) is 24.3 Å². The van der Waals surface area contributed by atoms with Crippen molar-refractivity contribution in [2.24, 2.45) is 0 Å². The lowest BCUT2D eigenvalue weighted by Gasteiger charge is -2.31. The molecule has 1 aromatic carbocycles. The fraction of sp³-hybridized carbons (Fsp3) is 0.400. The lowest BCUT2D eigenvalue weighted by atomic mass is 9.97. The molecule has 0 aliphatic carbocycles. The molecule has 3 aromatic rings. The summed E-state index contributed by atoms with van der Waals surface area (Å²) in [7, 11) is 0. The van der Waals surface area contributed by atoms with Crippen LogP contribution in [0.1, 0.15) is 41.5 Å². The van der Waals surface area contributed by atoms with Gasteiger partial charge in [-0.2, -0.15) is 0 Å². The molecule has 6 heteroatoms. The lowest BCUT2D eigenvalue weighted by Crippen LogP contribution is -2.34. The monoisotopic (exact) mass is 353 g/mol. The maximum Gasteiger partial charge on any atom is 0.199 e. The number of aryl methyl sites for hydroxylation is 1. The van der Waals surface area contributed by atoms with Gasteiger partial charge in [0.2, 0.25) is 0 Å². The second kappa shape index (κ2) is 7.05. The number of nitrogens with zero attached hydrogens (tertiary/aromatic N) is 3. The van der Waals surface area contributed by atoms with Crippen molar-refractivity contribution in [3.8, 4) is 5.75 Å². The second-order valence-corrected chi connectivity index (χ2v) is 6.95. The second-order valence-electron chi connectivity index (χ2n) is 6.95. The molecule has 1 aliphatic heterocycles. The summed E-state index contributed by atoms with van der Waals surface area (Å²) in [5.41, 5.74) is 3.74. The molecule has 6 nitrogen and oxygen atoms in total. The molecular weight excluding hydrogens is 330 g/mol. The average molecular weight is 353 g/mol. The number of hydrogen-bond donors (Lipinski definition) is 2. The summed E-state index contributed by atoms with van der Waals surface area (Å²) in [6.45, 7) is 4.00. The minimum atomic E-state index is -0.126. The summed E-state index contributed by atoms with van der Waals surface area (Å²) in [5.74, 6) is 1.20. The van der Waals surface area contributed by atoms with Crippen LogP contribution in [0.25, 0.3) is 11.1 Å². The molecule has 1 unspecified atom stereocenters. The zero-order valence-corrected chi connectivity index (χ0v) is 14.9. The molecule has 26 heavy (non-hydrogen) atoms. The maximum atomic E-state index is 10.4. The van der Waals surface area contributed by atoms with Crippen molar-refractivity contribution in [3.63, 3.8) is 0 Å². The molecular formula is C20H23N3O3. The Hall–Kier alpha value is -2.44. The number of fused-ring (bicyclic) bond motifs is 1. The van der Waals surface area contributed by atoms with E-state index in [1.54, 1.807) is 13.1 Å². The number of benzene rings is 1. The third kappa shape index (κ3) is 3.18. The molecule has 3 heterocycles. The lowest BCUT2D eigenvalue weighted by molar-refractivity contribution is 0.183. The van der Waals surface area contributed by atoms with E-state index in [0.29, 0.717) is 17.8 Å². The Balaban J connectivity index is 1.55. The van der Waals surface area contributed by atoms with Crippen LogP contribution < -0.4 is 0 Å². The van der Waals surface area contributed by atoms with E-state index >= 15 is 0 Å². The first-order valence-electron chi connectivity index (χ1n) is 9.00. The highest BCUT2D eigenvalue weighted by Gasteiger charge is 2.26. The van der Waals surface area contributed by atoms with Crippen LogP contribution in [-0.2, 0) is 13.2 Å². The highest BCUT2D eigenvalue weighted by Crippen LogP contribution is 2.32. The van der Waals surface area contributed by atoms with Gasteiger partial charge < -0.3 is 14.6 Å². The van der Waals surface area contributed by atoms with Gasteiger partial charge in [0.1, 0.15) is 11.3 Å². The number of aromatic nitrogens is 2. The molecule has 2 N–H and O–H groups in total. The van der Waals surface area contributed by atoms with Gasteiger partial charge in [-0.15, -0.1) is 0 Å². The first-order chi connectivity index (χ1) is 12.7. The molecule has 0 radical (unpaired) electrons. The fourth-order valence-electron chi connectivity index (χ4n) is 3.69. The molecule has 2 aromatic heterocycles. The SMILES string of the molecule is Cc1ncc(CO)c(CN2CCCC(c3nc4ccccc4o3)C2)c1O. The van der Waals surface area contributed by atoms with Crippen molar-refractivity contribution >= 4 is 11.1 Å². The molecule has 0 spiro atoms. The first-order valence-corrected chi connectivity index (χ1v) is 9.00. The topological polar surface area (TPSA) is 82.6 Å². The molecule has 136 valence electrons. The smallest absolute Gasteiger partial charge is 0.199 e. The number of piperidine rings is 1. The van der Waals surface area contributed by atoms with Crippen molar-refractivity contribution in [2.75, 3.05) is 13.1 Å². The molecule has 1 atom stereocenters. The number of oxazole rings is 1. The van der Waals surface area contributed by atoms with E-state index in [1.165, 1.54) is 0 Å². The number of hydrogen-bond acceptors (Lipinski definition) is 6. The van der Waals surface area contributed by atoms with E-state index in [-0.39, 0.29) is 18.3 Å². The molecule has 4 rings (SSSR count). The van der Waals surface area contributed by atoms with Crippen LogP contribution in [0, 0.1) is 6.92 Å². The van der Waals surface area contributed by atoms with Crippen LogP contribution in [0.4, 0.5) is 0 Å². The van der Waals surface area contributed by atoms with Crippen molar-refractivity contribution in [1.29, 1.82) is 0 Å². The Labute approximate surface area is 152 Å². The Kier molecular flexibility index (Phi) is 4.61. The van der Waals surface area contributed by atoms with Crippen molar-refractivity contribution in [3.05, 3.63) is 53.2 Å². The predicted molar refractivity (Wildman–Crippen MR) is 97.8 cm³/mol. The third-order valence-electron chi connectivity index (χ3n) is 5.15. The normalized spacial score (nSPS) is 18.5.